The SMILES string of the molecule is CCCCCN(Cc1ccc(C(=O)O)cc1Br)C(C)C. The maximum atomic E-state index is 10.9. The minimum Gasteiger partial charge on any atom is -0.478 e. The third kappa shape index (κ3) is 5.25. The highest BCUT2D eigenvalue weighted by Crippen LogP contribution is 2.21. The van der Waals surface area contributed by atoms with E-state index in [1.807, 2.05) is 6.07 Å². The van der Waals surface area contributed by atoms with Crippen LogP contribution in [0.4, 0.5) is 0 Å². The zero-order chi connectivity index (χ0) is 15.1. The van der Waals surface area contributed by atoms with Gasteiger partial charge < -0.3 is 5.11 Å². The van der Waals surface area contributed by atoms with Gasteiger partial charge in [-0.2, -0.15) is 0 Å². The normalized spacial score (nSPS) is 11.3. The topological polar surface area (TPSA) is 40.5 Å². The molecule has 0 aliphatic heterocycles. The predicted octanol–water partition coefficient (Wildman–Crippen LogP) is 4.55. The van der Waals surface area contributed by atoms with Gasteiger partial charge in [-0.3, -0.25) is 4.90 Å². The van der Waals surface area contributed by atoms with Crippen molar-refractivity contribution in [3.8, 4) is 0 Å². The van der Waals surface area contributed by atoms with Gasteiger partial charge in [0.05, 0.1) is 5.56 Å². The van der Waals surface area contributed by atoms with Gasteiger partial charge in [0, 0.05) is 17.1 Å². The van der Waals surface area contributed by atoms with Crippen molar-refractivity contribution in [2.24, 2.45) is 0 Å². The van der Waals surface area contributed by atoms with E-state index in [1.165, 1.54) is 19.3 Å². The Hall–Kier alpha value is -0.870. The first-order valence-corrected chi connectivity index (χ1v) is 8.00. The molecule has 0 unspecified atom stereocenters. The Balaban J connectivity index is 2.75. The second kappa shape index (κ2) is 8.42. The summed E-state index contributed by atoms with van der Waals surface area (Å²) in [6.07, 6.45) is 3.69. The van der Waals surface area contributed by atoms with Gasteiger partial charge in [0.2, 0.25) is 0 Å². The average molecular weight is 342 g/mol. The molecule has 0 amide bonds. The van der Waals surface area contributed by atoms with E-state index >= 15 is 0 Å². The monoisotopic (exact) mass is 341 g/mol. The predicted molar refractivity (Wildman–Crippen MR) is 86.2 cm³/mol. The zero-order valence-electron chi connectivity index (χ0n) is 12.5. The molecule has 1 rings (SSSR count). The first-order valence-electron chi connectivity index (χ1n) is 7.21. The molecule has 0 heterocycles. The van der Waals surface area contributed by atoms with E-state index in [4.69, 9.17) is 5.11 Å². The Labute approximate surface area is 130 Å². The zero-order valence-corrected chi connectivity index (χ0v) is 14.1. The van der Waals surface area contributed by atoms with Crippen LogP contribution in [0.2, 0.25) is 0 Å². The van der Waals surface area contributed by atoms with Crippen molar-refractivity contribution in [2.75, 3.05) is 6.54 Å². The Morgan fingerprint density at radius 1 is 1.35 bits per heavy atom. The molecule has 0 radical (unpaired) electrons. The Kier molecular flexibility index (Phi) is 7.24. The third-order valence-electron chi connectivity index (χ3n) is 3.45. The molecule has 1 aromatic rings. The summed E-state index contributed by atoms with van der Waals surface area (Å²) in [5, 5.41) is 8.98. The lowest BCUT2D eigenvalue weighted by atomic mass is 10.1. The van der Waals surface area contributed by atoms with E-state index in [9.17, 15) is 4.79 Å². The highest BCUT2D eigenvalue weighted by atomic mass is 79.9. The smallest absolute Gasteiger partial charge is 0.335 e. The number of carbonyl (C=O) groups is 1. The lowest BCUT2D eigenvalue weighted by Gasteiger charge is -2.27. The highest BCUT2D eigenvalue weighted by molar-refractivity contribution is 9.10. The molecular weight excluding hydrogens is 318 g/mol. The molecule has 0 aliphatic rings. The van der Waals surface area contributed by atoms with Crippen LogP contribution in [0, 0.1) is 0 Å². The first kappa shape index (κ1) is 17.2. The van der Waals surface area contributed by atoms with Gasteiger partial charge >= 0.3 is 5.97 Å². The molecular formula is C16H24BrNO2. The molecule has 20 heavy (non-hydrogen) atoms. The number of halogens is 1. The summed E-state index contributed by atoms with van der Waals surface area (Å²) in [6.45, 7) is 8.54. The number of hydrogen-bond donors (Lipinski definition) is 1. The van der Waals surface area contributed by atoms with Crippen LogP contribution in [-0.4, -0.2) is 28.6 Å². The quantitative estimate of drug-likeness (QED) is 0.705. The summed E-state index contributed by atoms with van der Waals surface area (Å²) in [7, 11) is 0. The van der Waals surface area contributed by atoms with E-state index in [2.05, 4.69) is 41.6 Å². The number of nitrogens with zero attached hydrogens (tertiary/aromatic N) is 1. The van der Waals surface area contributed by atoms with E-state index in [-0.39, 0.29) is 0 Å². The van der Waals surface area contributed by atoms with Crippen LogP contribution in [0.3, 0.4) is 0 Å². The largest absolute Gasteiger partial charge is 0.478 e. The molecule has 0 spiro atoms. The van der Waals surface area contributed by atoms with Crippen LogP contribution < -0.4 is 0 Å². The number of rotatable bonds is 8. The molecule has 3 nitrogen and oxygen atoms in total. The Bertz CT molecular complexity index is 446. The maximum absolute atomic E-state index is 10.9. The second-order valence-electron chi connectivity index (χ2n) is 5.38. The molecule has 0 aromatic heterocycles. The fourth-order valence-electron chi connectivity index (χ4n) is 2.11. The number of carboxylic acids is 1. The minimum atomic E-state index is -0.888. The maximum Gasteiger partial charge on any atom is 0.335 e. The fourth-order valence-corrected chi connectivity index (χ4v) is 2.62. The fraction of sp³-hybridized carbons (Fsp3) is 0.562. The summed E-state index contributed by atoms with van der Waals surface area (Å²) in [6, 6.07) is 5.75. The third-order valence-corrected chi connectivity index (χ3v) is 4.19. The lowest BCUT2D eigenvalue weighted by molar-refractivity contribution is 0.0696. The summed E-state index contributed by atoms with van der Waals surface area (Å²) >= 11 is 3.48. The molecule has 0 saturated carbocycles. The first-order chi connectivity index (χ1) is 9.45. The molecule has 112 valence electrons. The van der Waals surface area contributed by atoms with Crippen LogP contribution in [0.1, 0.15) is 56.0 Å². The van der Waals surface area contributed by atoms with Gasteiger partial charge in [0.25, 0.3) is 0 Å². The van der Waals surface area contributed by atoms with Crippen molar-refractivity contribution in [2.45, 2.75) is 52.6 Å². The molecule has 1 N–H and O–H groups in total. The molecule has 0 atom stereocenters. The number of carboxylic acid groups (broad SMARTS) is 1. The van der Waals surface area contributed by atoms with Crippen molar-refractivity contribution in [1.82, 2.24) is 4.90 Å². The highest BCUT2D eigenvalue weighted by Gasteiger charge is 2.13. The van der Waals surface area contributed by atoms with Crippen LogP contribution in [0.25, 0.3) is 0 Å². The van der Waals surface area contributed by atoms with E-state index in [0.29, 0.717) is 11.6 Å². The molecule has 0 saturated heterocycles. The number of hydrogen-bond acceptors (Lipinski definition) is 2. The lowest BCUT2D eigenvalue weighted by Crippen LogP contribution is -2.31. The van der Waals surface area contributed by atoms with Gasteiger partial charge in [0.15, 0.2) is 0 Å². The van der Waals surface area contributed by atoms with Crippen molar-refractivity contribution in [3.05, 3.63) is 33.8 Å². The van der Waals surface area contributed by atoms with Crippen LogP contribution in [0.15, 0.2) is 22.7 Å². The van der Waals surface area contributed by atoms with Crippen LogP contribution >= 0.6 is 15.9 Å². The van der Waals surface area contributed by atoms with Gasteiger partial charge in [0.1, 0.15) is 0 Å². The van der Waals surface area contributed by atoms with E-state index in [1.54, 1.807) is 12.1 Å². The van der Waals surface area contributed by atoms with Crippen molar-refractivity contribution >= 4 is 21.9 Å². The second-order valence-corrected chi connectivity index (χ2v) is 6.24. The molecule has 4 heteroatoms. The van der Waals surface area contributed by atoms with Crippen LogP contribution in [-0.2, 0) is 6.54 Å². The molecule has 0 fully saturated rings. The van der Waals surface area contributed by atoms with E-state index in [0.717, 1.165) is 23.1 Å². The molecule has 0 aliphatic carbocycles. The number of aromatic carboxylic acids is 1. The number of unbranched alkanes of at least 4 members (excludes halogenated alkanes) is 2. The Morgan fingerprint density at radius 2 is 2.05 bits per heavy atom. The number of benzene rings is 1. The van der Waals surface area contributed by atoms with Crippen molar-refractivity contribution < 1.29 is 9.90 Å². The molecule has 0 bridgehead atoms. The van der Waals surface area contributed by atoms with Crippen molar-refractivity contribution in [1.29, 1.82) is 0 Å². The van der Waals surface area contributed by atoms with Gasteiger partial charge in [-0.05, 0) is 44.5 Å². The van der Waals surface area contributed by atoms with Gasteiger partial charge in [-0.1, -0.05) is 41.8 Å². The van der Waals surface area contributed by atoms with Crippen molar-refractivity contribution in [3.63, 3.8) is 0 Å². The molecule has 1 aromatic carbocycles. The standard InChI is InChI=1S/C16H24BrNO2/c1-4-5-6-9-18(12(2)3)11-14-8-7-13(16(19)20)10-15(14)17/h7-8,10,12H,4-6,9,11H2,1-3H3,(H,19,20). The summed E-state index contributed by atoms with van der Waals surface area (Å²) in [5.74, 6) is -0.888. The average Bonchev–Trinajstić information content (AvgIpc) is 2.39. The van der Waals surface area contributed by atoms with Crippen LogP contribution in [0.5, 0.6) is 0 Å². The van der Waals surface area contributed by atoms with Gasteiger partial charge in [-0.25, -0.2) is 4.79 Å². The summed E-state index contributed by atoms with van der Waals surface area (Å²) in [4.78, 5) is 13.4. The van der Waals surface area contributed by atoms with Gasteiger partial charge in [-0.15, -0.1) is 0 Å². The Morgan fingerprint density at radius 3 is 2.55 bits per heavy atom. The summed E-state index contributed by atoms with van der Waals surface area (Å²) in [5.41, 5.74) is 1.46. The van der Waals surface area contributed by atoms with E-state index < -0.39 is 5.97 Å². The minimum absolute atomic E-state index is 0.322. The summed E-state index contributed by atoms with van der Waals surface area (Å²) < 4.78 is 0.874.